The molecule has 2 nitrogen and oxygen atoms in total. The highest BCUT2D eigenvalue weighted by atomic mass is 31.2. The lowest BCUT2D eigenvalue weighted by Crippen LogP contribution is -2.21. The number of benzene rings is 2. The molecule has 0 saturated carbocycles. The van der Waals surface area contributed by atoms with Gasteiger partial charge in [0.1, 0.15) is 11.5 Å². The molecule has 0 aliphatic heterocycles. The van der Waals surface area contributed by atoms with E-state index in [1.807, 2.05) is 12.1 Å². The molecular formula is C32H50FO2P. The summed E-state index contributed by atoms with van der Waals surface area (Å²) in [5.74, 6) is 1.15. The fourth-order valence-electron chi connectivity index (χ4n) is 4.08. The Labute approximate surface area is 222 Å². The highest BCUT2D eigenvalue weighted by Gasteiger charge is 2.31. The zero-order valence-electron chi connectivity index (χ0n) is 24.9. The van der Waals surface area contributed by atoms with Gasteiger partial charge in [0.2, 0.25) is 0 Å². The second-order valence-corrected chi connectivity index (χ2v) is 13.6. The third-order valence-corrected chi connectivity index (χ3v) is 9.54. The highest BCUT2D eigenvalue weighted by Crippen LogP contribution is 2.49. The summed E-state index contributed by atoms with van der Waals surface area (Å²) in [6.45, 7) is 26.5. The van der Waals surface area contributed by atoms with Gasteiger partial charge >= 0.3 is 8.69 Å². The van der Waals surface area contributed by atoms with Gasteiger partial charge in [-0.15, -0.1) is 4.20 Å². The molecule has 0 radical (unpaired) electrons. The molecule has 0 amide bonds. The summed E-state index contributed by atoms with van der Waals surface area (Å²) in [6.07, 6.45) is 3.90. The molecule has 0 bridgehead atoms. The first-order valence-electron chi connectivity index (χ1n) is 13.7. The Kier molecular flexibility index (Phi) is 9.72. The Morgan fingerprint density at radius 1 is 0.556 bits per heavy atom. The molecule has 0 heterocycles. The first kappa shape index (κ1) is 30.6. The van der Waals surface area contributed by atoms with Crippen LogP contribution in [0.2, 0.25) is 0 Å². The molecule has 0 fully saturated rings. The minimum Gasteiger partial charge on any atom is -0.414 e. The zero-order chi connectivity index (χ0) is 27.5. The molecule has 0 saturated heterocycles. The van der Waals surface area contributed by atoms with Gasteiger partial charge in [0.15, 0.2) is 0 Å². The van der Waals surface area contributed by atoms with Crippen molar-refractivity contribution in [2.24, 2.45) is 0 Å². The summed E-state index contributed by atoms with van der Waals surface area (Å²) in [5.41, 5.74) is 4.37. The quantitative estimate of drug-likeness (QED) is 0.261. The van der Waals surface area contributed by atoms with Crippen molar-refractivity contribution in [2.75, 3.05) is 0 Å². The van der Waals surface area contributed by atoms with E-state index in [1.54, 1.807) is 0 Å². The molecular weight excluding hydrogens is 466 g/mol. The van der Waals surface area contributed by atoms with Gasteiger partial charge in [-0.3, -0.25) is 0 Å². The van der Waals surface area contributed by atoms with Gasteiger partial charge in [-0.25, -0.2) is 0 Å². The van der Waals surface area contributed by atoms with E-state index in [4.69, 9.17) is 9.05 Å². The zero-order valence-corrected chi connectivity index (χ0v) is 25.8. The van der Waals surface area contributed by atoms with E-state index in [9.17, 15) is 0 Å². The van der Waals surface area contributed by atoms with E-state index in [1.165, 1.54) is 11.1 Å². The molecule has 0 unspecified atom stereocenters. The fraction of sp³-hybridized carbons (Fsp3) is 0.625. The molecule has 2 rings (SSSR count). The molecule has 0 spiro atoms. The molecule has 2 aromatic rings. The lowest BCUT2D eigenvalue weighted by Gasteiger charge is -2.31. The number of hydrogen-bond acceptors (Lipinski definition) is 2. The average molecular weight is 517 g/mol. The van der Waals surface area contributed by atoms with E-state index in [0.717, 1.165) is 36.8 Å². The summed E-state index contributed by atoms with van der Waals surface area (Å²) in [7, 11) is -2.65. The largest absolute Gasteiger partial charge is 0.505 e. The second-order valence-electron chi connectivity index (χ2n) is 12.8. The van der Waals surface area contributed by atoms with Crippen molar-refractivity contribution in [1.82, 2.24) is 0 Å². The molecule has 0 aromatic heterocycles. The van der Waals surface area contributed by atoms with E-state index in [2.05, 4.69) is 107 Å². The minimum absolute atomic E-state index is 0.0443. The standard InChI is InChI=1S/C32H50FO2P/c1-13-29(5,6)23-17-19-27(25(21-23)31(9,10)15-3)34-36(33)35-28-20-18-24(30(7,8)14-2)22-26(28)32(11,12)16-4/h17-22H,13-16H2,1-12H3. The summed E-state index contributed by atoms with van der Waals surface area (Å²) < 4.78 is 27.4. The van der Waals surface area contributed by atoms with Crippen LogP contribution >= 0.6 is 8.69 Å². The average Bonchev–Trinajstić information content (AvgIpc) is 2.83. The number of hydrogen-bond donors (Lipinski definition) is 0. The summed E-state index contributed by atoms with van der Waals surface area (Å²) >= 11 is 0. The second kappa shape index (κ2) is 11.4. The monoisotopic (exact) mass is 516 g/mol. The van der Waals surface area contributed by atoms with Crippen LogP contribution in [-0.4, -0.2) is 0 Å². The summed E-state index contributed by atoms with van der Waals surface area (Å²) in [4.78, 5) is 0. The Morgan fingerprint density at radius 3 is 1.14 bits per heavy atom. The molecule has 36 heavy (non-hydrogen) atoms. The van der Waals surface area contributed by atoms with Crippen LogP contribution in [0.1, 0.15) is 131 Å². The molecule has 202 valence electrons. The molecule has 0 aliphatic carbocycles. The van der Waals surface area contributed by atoms with Crippen LogP contribution in [-0.2, 0) is 21.7 Å². The maximum absolute atomic E-state index is 15.5. The van der Waals surface area contributed by atoms with Crippen molar-refractivity contribution in [1.29, 1.82) is 0 Å². The normalized spacial score (nSPS) is 13.3. The smallest absolute Gasteiger partial charge is 0.414 e. The minimum atomic E-state index is -2.65. The third-order valence-electron chi connectivity index (χ3n) is 8.86. The predicted octanol–water partition coefficient (Wildman–Crippen LogP) is 11.1. The van der Waals surface area contributed by atoms with Crippen molar-refractivity contribution in [3.63, 3.8) is 0 Å². The molecule has 0 atom stereocenters. The van der Waals surface area contributed by atoms with Crippen LogP contribution < -0.4 is 9.05 Å². The SMILES string of the molecule is CCC(C)(C)c1ccc(OP(F)Oc2ccc(C(C)(C)CC)cc2C(C)(C)CC)c(C(C)(C)CC)c1. The summed E-state index contributed by atoms with van der Waals surface area (Å²) in [5, 5.41) is 0. The number of halogens is 1. The first-order chi connectivity index (χ1) is 16.5. The highest BCUT2D eigenvalue weighted by molar-refractivity contribution is 7.42. The molecule has 2 aromatic carbocycles. The Morgan fingerprint density at radius 2 is 0.861 bits per heavy atom. The summed E-state index contributed by atoms with van der Waals surface area (Å²) in [6, 6.07) is 12.4. The lowest BCUT2D eigenvalue weighted by molar-refractivity contribution is 0.407. The van der Waals surface area contributed by atoms with Crippen LogP contribution in [0.4, 0.5) is 4.20 Å². The fourth-order valence-corrected chi connectivity index (χ4v) is 4.75. The van der Waals surface area contributed by atoms with Crippen molar-refractivity contribution in [3.8, 4) is 11.5 Å². The van der Waals surface area contributed by atoms with Crippen LogP contribution in [0.25, 0.3) is 0 Å². The van der Waals surface area contributed by atoms with Gasteiger partial charge < -0.3 is 9.05 Å². The van der Waals surface area contributed by atoms with E-state index in [-0.39, 0.29) is 21.7 Å². The Balaban J connectivity index is 2.46. The van der Waals surface area contributed by atoms with Crippen molar-refractivity contribution in [3.05, 3.63) is 58.7 Å². The first-order valence-corrected chi connectivity index (χ1v) is 14.7. The van der Waals surface area contributed by atoms with Crippen LogP contribution in [0.3, 0.4) is 0 Å². The van der Waals surface area contributed by atoms with Gasteiger partial charge in [-0.05, 0) is 70.6 Å². The van der Waals surface area contributed by atoms with Gasteiger partial charge in [0.25, 0.3) is 0 Å². The van der Waals surface area contributed by atoms with Gasteiger partial charge in [0, 0.05) is 11.1 Å². The maximum Gasteiger partial charge on any atom is 0.505 e. The van der Waals surface area contributed by atoms with Crippen LogP contribution in [0.15, 0.2) is 36.4 Å². The van der Waals surface area contributed by atoms with E-state index < -0.39 is 8.69 Å². The third kappa shape index (κ3) is 6.83. The Bertz CT molecular complexity index is 941. The van der Waals surface area contributed by atoms with Crippen molar-refractivity contribution in [2.45, 2.75) is 130 Å². The molecule has 0 aliphatic rings. The Hall–Kier alpha value is -1.60. The molecule has 0 N–H and O–H groups in total. The predicted molar refractivity (Wildman–Crippen MR) is 155 cm³/mol. The maximum atomic E-state index is 15.5. The number of rotatable bonds is 12. The van der Waals surface area contributed by atoms with Gasteiger partial charge in [-0.2, -0.15) is 0 Å². The van der Waals surface area contributed by atoms with E-state index in [0.29, 0.717) is 11.5 Å². The van der Waals surface area contributed by atoms with Gasteiger partial charge in [-0.1, -0.05) is 107 Å². The van der Waals surface area contributed by atoms with Crippen LogP contribution in [0.5, 0.6) is 11.5 Å². The van der Waals surface area contributed by atoms with E-state index >= 15 is 4.20 Å². The van der Waals surface area contributed by atoms with Crippen LogP contribution in [0, 0.1) is 0 Å². The molecule has 4 heteroatoms. The van der Waals surface area contributed by atoms with Gasteiger partial charge in [0.05, 0.1) is 0 Å². The lowest BCUT2D eigenvalue weighted by atomic mass is 9.76. The topological polar surface area (TPSA) is 18.5 Å². The van der Waals surface area contributed by atoms with Crippen molar-refractivity contribution >= 4 is 8.69 Å². The van der Waals surface area contributed by atoms with Crippen molar-refractivity contribution < 1.29 is 13.2 Å².